The molecule has 0 aromatic carbocycles. The SMILES string of the molecule is CC(C)NCC1CCCN(C(=O)CCc2ccncc2)C1. The molecule has 4 nitrogen and oxygen atoms in total. The molecule has 4 heteroatoms. The van der Waals surface area contributed by atoms with Crippen molar-refractivity contribution in [3.8, 4) is 0 Å². The van der Waals surface area contributed by atoms with Gasteiger partial charge in [0.2, 0.25) is 5.91 Å². The van der Waals surface area contributed by atoms with Gasteiger partial charge in [0.15, 0.2) is 0 Å². The van der Waals surface area contributed by atoms with Gasteiger partial charge in [0, 0.05) is 37.9 Å². The molecule has 116 valence electrons. The predicted molar refractivity (Wildman–Crippen MR) is 85.0 cm³/mol. The second kappa shape index (κ2) is 8.13. The van der Waals surface area contributed by atoms with E-state index in [9.17, 15) is 4.79 Å². The zero-order valence-corrected chi connectivity index (χ0v) is 13.2. The molecule has 1 saturated heterocycles. The fraction of sp³-hybridized carbons (Fsp3) is 0.647. The Kier molecular flexibility index (Phi) is 6.18. The van der Waals surface area contributed by atoms with E-state index >= 15 is 0 Å². The van der Waals surface area contributed by atoms with E-state index in [1.807, 2.05) is 12.1 Å². The molecule has 1 fully saturated rings. The molecular weight excluding hydrogens is 262 g/mol. The van der Waals surface area contributed by atoms with Crippen molar-refractivity contribution in [3.05, 3.63) is 30.1 Å². The van der Waals surface area contributed by atoms with E-state index < -0.39 is 0 Å². The van der Waals surface area contributed by atoms with E-state index in [-0.39, 0.29) is 0 Å². The molecule has 1 aliphatic rings. The first-order valence-electron chi connectivity index (χ1n) is 8.05. The Morgan fingerprint density at radius 3 is 2.90 bits per heavy atom. The quantitative estimate of drug-likeness (QED) is 0.873. The number of carbonyl (C=O) groups excluding carboxylic acids is 1. The Morgan fingerprint density at radius 1 is 1.43 bits per heavy atom. The summed E-state index contributed by atoms with van der Waals surface area (Å²) in [7, 11) is 0. The van der Waals surface area contributed by atoms with Gasteiger partial charge in [-0.25, -0.2) is 0 Å². The van der Waals surface area contributed by atoms with Crippen molar-refractivity contribution in [3.63, 3.8) is 0 Å². The zero-order chi connectivity index (χ0) is 15.1. The van der Waals surface area contributed by atoms with Gasteiger partial charge >= 0.3 is 0 Å². The van der Waals surface area contributed by atoms with Gasteiger partial charge in [-0.3, -0.25) is 9.78 Å². The second-order valence-electron chi connectivity index (χ2n) is 6.27. The van der Waals surface area contributed by atoms with Crippen LogP contribution < -0.4 is 5.32 Å². The van der Waals surface area contributed by atoms with Crippen LogP contribution in [0.1, 0.15) is 38.7 Å². The van der Waals surface area contributed by atoms with Gasteiger partial charge in [0.25, 0.3) is 0 Å². The first-order valence-corrected chi connectivity index (χ1v) is 8.05. The molecule has 1 N–H and O–H groups in total. The topological polar surface area (TPSA) is 45.2 Å². The number of nitrogens with zero attached hydrogens (tertiary/aromatic N) is 2. The molecule has 1 unspecified atom stereocenters. The van der Waals surface area contributed by atoms with Gasteiger partial charge in [-0.05, 0) is 49.4 Å². The fourth-order valence-electron chi connectivity index (χ4n) is 2.82. The minimum atomic E-state index is 0.293. The highest BCUT2D eigenvalue weighted by Crippen LogP contribution is 2.17. The number of likely N-dealkylation sites (tertiary alicyclic amines) is 1. The van der Waals surface area contributed by atoms with E-state index in [1.54, 1.807) is 12.4 Å². The summed E-state index contributed by atoms with van der Waals surface area (Å²) < 4.78 is 0. The molecule has 1 atom stereocenters. The molecule has 0 radical (unpaired) electrons. The zero-order valence-electron chi connectivity index (χ0n) is 13.2. The third-order valence-corrected chi connectivity index (χ3v) is 4.06. The third-order valence-electron chi connectivity index (χ3n) is 4.06. The number of pyridine rings is 1. The van der Waals surface area contributed by atoms with Crippen LogP contribution >= 0.6 is 0 Å². The van der Waals surface area contributed by atoms with Crippen molar-refractivity contribution in [2.45, 2.75) is 45.6 Å². The summed E-state index contributed by atoms with van der Waals surface area (Å²) in [4.78, 5) is 18.4. The number of piperidine rings is 1. The molecule has 0 spiro atoms. The lowest BCUT2D eigenvalue weighted by Crippen LogP contribution is -2.43. The summed E-state index contributed by atoms with van der Waals surface area (Å²) in [5.74, 6) is 0.895. The average molecular weight is 289 g/mol. The standard InChI is InChI=1S/C17H27N3O/c1-14(2)19-12-16-4-3-11-20(13-16)17(21)6-5-15-7-9-18-10-8-15/h7-10,14,16,19H,3-6,11-13H2,1-2H3. The third kappa shape index (κ3) is 5.46. The van der Waals surface area contributed by atoms with Crippen LogP contribution in [0.2, 0.25) is 0 Å². The van der Waals surface area contributed by atoms with Gasteiger partial charge in [-0.2, -0.15) is 0 Å². The van der Waals surface area contributed by atoms with E-state index in [2.05, 4.69) is 29.0 Å². The minimum absolute atomic E-state index is 0.293. The molecule has 2 rings (SSSR count). The summed E-state index contributed by atoms with van der Waals surface area (Å²) >= 11 is 0. The largest absolute Gasteiger partial charge is 0.342 e. The van der Waals surface area contributed by atoms with Crippen molar-refractivity contribution < 1.29 is 4.79 Å². The van der Waals surface area contributed by atoms with Crippen LogP contribution in [0.25, 0.3) is 0 Å². The number of hydrogen-bond acceptors (Lipinski definition) is 3. The fourth-order valence-corrected chi connectivity index (χ4v) is 2.82. The summed E-state index contributed by atoms with van der Waals surface area (Å²) in [5.41, 5.74) is 1.19. The van der Waals surface area contributed by atoms with E-state index in [4.69, 9.17) is 0 Å². The number of aromatic nitrogens is 1. The molecule has 1 aromatic heterocycles. The number of amides is 1. The lowest BCUT2D eigenvalue weighted by Gasteiger charge is -2.33. The van der Waals surface area contributed by atoms with Crippen molar-refractivity contribution in [2.75, 3.05) is 19.6 Å². The predicted octanol–water partition coefficient (Wildman–Crippen LogP) is 2.25. The van der Waals surface area contributed by atoms with Gasteiger partial charge in [-0.1, -0.05) is 13.8 Å². The van der Waals surface area contributed by atoms with Gasteiger partial charge in [0.05, 0.1) is 0 Å². The smallest absolute Gasteiger partial charge is 0.222 e. The number of rotatable bonds is 6. The lowest BCUT2D eigenvalue weighted by molar-refractivity contribution is -0.132. The molecule has 0 bridgehead atoms. The first-order chi connectivity index (χ1) is 10.1. The van der Waals surface area contributed by atoms with Crippen molar-refractivity contribution in [2.24, 2.45) is 5.92 Å². The second-order valence-corrected chi connectivity index (χ2v) is 6.27. The summed E-state index contributed by atoms with van der Waals surface area (Å²) in [5, 5.41) is 3.49. The summed E-state index contributed by atoms with van der Waals surface area (Å²) in [6, 6.07) is 4.49. The van der Waals surface area contributed by atoms with E-state index in [1.165, 1.54) is 12.0 Å². The maximum Gasteiger partial charge on any atom is 0.222 e. The average Bonchev–Trinajstić information content (AvgIpc) is 2.52. The number of aryl methyl sites for hydroxylation is 1. The van der Waals surface area contributed by atoms with E-state index in [0.717, 1.165) is 32.5 Å². The number of hydrogen-bond donors (Lipinski definition) is 1. The van der Waals surface area contributed by atoms with Crippen LogP contribution in [0.5, 0.6) is 0 Å². The van der Waals surface area contributed by atoms with Crippen LogP contribution in [0.15, 0.2) is 24.5 Å². The highest BCUT2D eigenvalue weighted by atomic mass is 16.2. The van der Waals surface area contributed by atoms with Crippen molar-refractivity contribution >= 4 is 5.91 Å². The summed E-state index contributed by atoms with van der Waals surface area (Å²) in [6.45, 7) is 7.19. The van der Waals surface area contributed by atoms with Crippen molar-refractivity contribution in [1.29, 1.82) is 0 Å². The van der Waals surface area contributed by atoms with Crippen LogP contribution in [-0.2, 0) is 11.2 Å². The number of carbonyl (C=O) groups is 1. The Labute approximate surface area is 127 Å². The molecular formula is C17H27N3O. The molecule has 1 aromatic rings. The highest BCUT2D eigenvalue weighted by Gasteiger charge is 2.23. The molecule has 21 heavy (non-hydrogen) atoms. The number of nitrogens with one attached hydrogen (secondary N) is 1. The van der Waals surface area contributed by atoms with Gasteiger partial charge in [-0.15, -0.1) is 0 Å². The molecule has 2 heterocycles. The highest BCUT2D eigenvalue weighted by molar-refractivity contribution is 5.76. The molecule has 1 aliphatic heterocycles. The Bertz CT molecular complexity index is 433. The van der Waals surface area contributed by atoms with E-state index in [0.29, 0.717) is 24.3 Å². The normalized spacial score (nSPS) is 19.0. The molecule has 0 aliphatic carbocycles. The van der Waals surface area contributed by atoms with Crippen molar-refractivity contribution in [1.82, 2.24) is 15.2 Å². The van der Waals surface area contributed by atoms with Gasteiger partial charge in [0.1, 0.15) is 0 Å². The van der Waals surface area contributed by atoms with Crippen LogP contribution in [-0.4, -0.2) is 41.5 Å². The van der Waals surface area contributed by atoms with Crippen LogP contribution in [0.4, 0.5) is 0 Å². The summed E-state index contributed by atoms with van der Waals surface area (Å²) in [6.07, 6.45) is 7.35. The lowest BCUT2D eigenvalue weighted by atomic mass is 9.97. The monoisotopic (exact) mass is 289 g/mol. The maximum atomic E-state index is 12.3. The van der Waals surface area contributed by atoms with Crippen LogP contribution in [0, 0.1) is 5.92 Å². The Balaban J connectivity index is 1.76. The maximum absolute atomic E-state index is 12.3. The first kappa shape index (κ1) is 16.0. The van der Waals surface area contributed by atoms with Crippen LogP contribution in [0.3, 0.4) is 0 Å². The van der Waals surface area contributed by atoms with Gasteiger partial charge < -0.3 is 10.2 Å². The molecule has 0 saturated carbocycles. The minimum Gasteiger partial charge on any atom is -0.342 e. The molecule has 1 amide bonds. The Morgan fingerprint density at radius 2 is 2.19 bits per heavy atom. The Hall–Kier alpha value is -1.42.